The second kappa shape index (κ2) is 8.21. The maximum absolute atomic E-state index is 12.7. The van der Waals surface area contributed by atoms with E-state index >= 15 is 0 Å². The van der Waals surface area contributed by atoms with Gasteiger partial charge in [0.1, 0.15) is 11.5 Å². The Morgan fingerprint density at radius 2 is 2.00 bits per heavy atom. The molecule has 2 aliphatic heterocycles. The molecule has 0 spiro atoms. The molecular weight excluding hydrogens is 320 g/mol. The van der Waals surface area contributed by atoms with E-state index in [2.05, 4.69) is 21.9 Å². The Morgan fingerprint density at radius 1 is 1.28 bits per heavy atom. The van der Waals surface area contributed by atoms with Crippen LogP contribution in [0.25, 0.3) is 0 Å². The van der Waals surface area contributed by atoms with Gasteiger partial charge in [0.2, 0.25) is 0 Å². The van der Waals surface area contributed by atoms with Gasteiger partial charge in [0.25, 0.3) is 5.91 Å². The molecule has 7 nitrogen and oxygen atoms in total. The van der Waals surface area contributed by atoms with Crippen LogP contribution in [0.3, 0.4) is 0 Å². The molecule has 1 N–H and O–H groups in total. The number of likely N-dealkylation sites (tertiary alicyclic amines) is 1. The van der Waals surface area contributed by atoms with Crippen LogP contribution in [0.15, 0.2) is 12.3 Å². The first-order valence-corrected chi connectivity index (χ1v) is 9.13. The van der Waals surface area contributed by atoms with Gasteiger partial charge in [-0.1, -0.05) is 0 Å². The molecule has 0 saturated carbocycles. The highest BCUT2D eigenvalue weighted by molar-refractivity contribution is 5.92. The molecule has 2 aliphatic rings. The number of rotatable bonds is 3. The quantitative estimate of drug-likeness (QED) is 0.873. The van der Waals surface area contributed by atoms with Crippen molar-refractivity contribution in [1.82, 2.24) is 19.8 Å². The normalized spacial score (nSPS) is 25.8. The number of hydrogen-bond acceptors (Lipinski definition) is 6. The first-order chi connectivity index (χ1) is 12.1. The van der Waals surface area contributed by atoms with Gasteiger partial charge in [0, 0.05) is 44.6 Å². The van der Waals surface area contributed by atoms with E-state index in [0.29, 0.717) is 37.1 Å². The van der Waals surface area contributed by atoms with E-state index in [4.69, 9.17) is 4.74 Å². The molecule has 3 heterocycles. The summed E-state index contributed by atoms with van der Waals surface area (Å²) in [5, 5.41) is 10.6. The Balaban J connectivity index is 1.65. The van der Waals surface area contributed by atoms with Crippen LogP contribution < -0.4 is 0 Å². The zero-order chi connectivity index (χ0) is 17.8. The van der Waals surface area contributed by atoms with Gasteiger partial charge in [-0.3, -0.25) is 9.69 Å². The summed E-state index contributed by atoms with van der Waals surface area (Å²) in [5.74, 6) is 0.518. The summed E-state index contributed by atoms with van der Waals surface area (Å²) >= 11 is 0. The Labute approximate surface area is 149 Å². The Morgan fingerprint density at radius 3 is 2.72 bits per heavy atom. The van der Waals surface area contributed by atoms with E-state index < -0.39 is 6.10 Å². The van der Waals surface area contributed by atoms with Crippen LogP contribution in [0.4, 0.5) is 0 Å². The van der Waals surface area contributed by atoms with Crippen molar-refractivity contribution in [3.8, 4) is 0 Å². The molecule has 0 unspecified atom stereocenters. The number of aliphatic hydroxyl groups excluding tert-OH is 1. The van der Waals surface area contributed by atoms with Crippen LogP contribution in [0.5, 0.6) is 0 Å². The first-order valence-electron chi connectivity index (χ1n) is 9.13. The number of nitrogens with zero attached hydrogens (tertiary/aromatic N) is 4. The lowest BCUT2D eigenvalue weighted by molar-refractivity contribution is -0.00758. The third kappa shape index (κ3) is 4.34. The van der Waals surface area contributed by atoms with E-state index in [1.165, 1.54) is 0 Å². The summed E-state index contributed by atoms with van der Waals surface area (Å²) in [7, 11) is 2.09. The number of carbonyl (C=O) groups excluding carboxylic acids is 1. The summed E-state index contributed by atoms with van der Waals surface area (Å²) in [6.07, 6.45) is 4.56. The fraction of sp³-hybridized carbons (Fsp3) is 0.722. The van der Waals surface area contributed by atoms with Crippen LogP contribution in [0, 0.1) is 6.92 Å². The summed E-state index contributed by atoms with van der Waals surface area (Å²) in [6, 6.07) is 2.18. The van der Waals surface area contributed by atoms with Gasteiger partial charge in [0.15, 0.2) is 0 Å². The molecule has 0 bridgehead atoms. The summed E-state index contributed by atoms with van der Waals surface area (Å²) in [5.41, 5.74) is 0.429. The van der Waals surface area contributed by atoms with Crippen molar-refractivity contribution in [2.45, 2.75) is 50.8 Å². The monoisotopic (exact) mass is 348 g/mol. The maximum Gasteiger partial charge on any atom is 0.272 e. The first kappa shape index (κ1) is 18.2. The van der Waals surface area contributed by atoms with Gasteiger partial charge in [-0.25, -0.2) is 9.97 Å². The number of amides is 1. The third-order valence-corrected chi connectivity index (χ3v) is 5.41. The summed E-state index contributed by atoms with van der Waals surface area (Å²) in [4.78, 5) is 25.1. The van der Waals surface area contributed by atoms with Gasteiger partial charge in [-0.2, -0.15) is 0 Å². The highest BCUT2D eigenvalue weighted by Crippen LogP contribution is 2.23. The molecule has 2 saturated heterocycles. The van der Waals surface area contributed by atoms with E-state index in [9.17, 15) is 9.90 Å². The smallest absolute Gasteiger partial charge is 0.272 e. The third-order valence-electron chi connectivity index (χ3n) is 5.41. The Hall–Kier alpha value is -1.57. The van der Waals surface area contributed by atoms with Crippen molar-refractivity contribution in [3.63, 3.8) is 0 Å². The minimum Gasteiger partial charge on any atom is -0.391 e. The van der Waals surface area contributed by atoms with Crippen molar-refractivity contribution >= 4 is 5.91 Å². The minimum atomic E-state index is -0.419. The number of likely N-dealkylation sites (N-methyl/N-ethyl adjacent to an activating group) is 1. The topological polar surface area (TPSA) is 78.8 Å². The summed E-state index contributed by atoms with van der Waals surface area (Å²) < 4.78 is 5.44. The molecule has 1 aromatic rings. The SMILES string of the molecule is Cc1nccc(C(=O)N2CC[C@H](O)[C@@H](N(C)C3CCOCC3)CC2)n1. The number of aromatic nitrogens is 2. The predicted molar refractivity (Wildman–Crippen MR) is 93.3 cm³/mol. The van der Waals surface area contributed by atoms with Gasteiger partial charge in [-0.05, 0) is 45.7 Å². The van der Waals surface area contributed by atoms with Gasteiger partial charge < -0.3 is 14.7 Å². The summed E-state index contributed by atoms with van der Waals surface area (Å²) in [6.45, 7) is 4.55. The molecule has 138 valence electrons. The van der Waals surface area contributed by atoms with Crippen molar-refractivity contribution in [3.05, 3.63) is 23.8 Å². The Bertz CT molecular complexity index is 591. The zero-order valence-electron chi connectivity index (χ0n) is 15.1. The molecule has 7 heteroatoms. The largest absolute Gasteiger partial charge is 0.391 e. The van der Waals surface area contributed by atoms with Crippen molar-refractivity contribution in [1.29, 1.82) is 0 Å². The lowest BCUT2D eigenvalue weighted by Gasteiger charge is -2.38. The van der Waals surface area contributed by atoms with E-state index in [0.717, 1.165) is 32.5 Å². The van der Waals surface area contributed by atoms with Crippen LogP contribution in [-0.2, 0) is 4.74 Å². The van der Waals surface area contributed by atoms with Crippen LogP contribution in [0.2, 0.25) is 0 Å². The van der Waals surface area contributed by atoms with Crippen molar-refractivity contribution in [2.24, 2.45) is 0 Å². The molecule has 0 aromatic carbocycles. The predicted octanol–water partition coefficient (Wildman–Crippen LogP) is 0.861. The lowest BCUT2D eigenvalue weighted by Crippen LogP contribution is -2.48. The number of hydrogen-bond donors (Lipinski definition) is 1. The van der Waals surface area contributed by atoms with Crippen molar-refractivity contribution in [2.75, 3.05) is 33.4 Å². The molecule has 3 rings (SSSR count). The molecular formula is C18H28N4O3. The van der Waals surface area contributed by atoms with Crippen LogP contribution in [-0.4, -0.2) is 82.3 Å². The molecule has 25 heavy (non-hydrogen) atoms. The highest BCUT2D eigenvalue weighted by Gasteiger charge is 2.33. The fourth-order valence-corrected chi connectivity index (χ4v) is 3.85. The van der Waals surface area contributed by atoms with Gasteiger partial charge in [0.05, 0.1) is 6.10 Å². The maximum atomic E-state index is 12.7. The van der Waals surface area contributed by atoms with E-state index in [1.807, 2.05) is 4.90 Å². The zero-order valence-corrected chi connectivity index (χ0v) is 15.1. The highest BCUT2D eigenvalue weighted by atomic mass is 16.5. The second-order valence-corrected chi connectivity index (χ2v) is 7.00. The van der Waals surface area contributed by atoms with Gasteiger partial charge >= 0.3 is 0 Å². The number of ether oxygens (including phenoxy) is 1. The van der Waals surface area contributed by atoms with Crippen LogP contribution in [0.1, 0.15) is 42.0 Å². The number of aryl methyl sites for hydroxylation is 1. The lowest BCUT2D eigenvalue weighted by atomic mass is 9.99. The van der Waals surface area contributed by atoms with Crippen molar-refractivity contribution < 1.29 is 14.6 Å². The van der Waals surface area contributed by atoms with Crippen LogP contribution >= 0.6 is 0 Å². The van der Waals surface area contributed by atoms with Gasteiger partial charge in [-0.15, -0.1) is 0 Å². The molecule has 0 aliphatic carbocycles. The molecule has 1 aromatic heterocycles. The fourth-order valence-electron chi connectivity index (χ4n) is 3.85. The average molecular weight is 348 g/mol. The average Bonchev–Trinajstić information content (AvgIpc) is 2.83. The standard InChI is InChI=1S/C18H28N4O3/c1-13-19-8-3-15(20-13)18(24)22-9-4-16(17(23)5-10-22)21(2)14-6-11-25-12-7-14/h3,8,14,16-17,23H,4-7,9-12H2,1-2H3/t16-,17-/m0/s1. The minimum absolute atomic E-state index is 0.0768. The second-order valence-electron chi connectivity index (χ2n) is 7.00. The van der Waals surface area contributed by atoms with E-state index in [-0.39, 0.29) is 11.9 Å². The molecule has 1 amide bonds. The molecule has 2 fully saturated rings. The molecule has 0 radical (unpaired) electrons. The Kier molecular flexibility index (Phi) is 5.98. The van der Waals surface area contributed by atoms with E-state index in [1.54, 1.807) is 19.2 Å². The number of carbonyl (C=O) groups is 1. The molecule has 2 atom stereocenters. The number of aliphatic hydroxyl groups is 1.